The van der Waals surface area contributed by atoms with Gasteiger partial charge in [0.2, 0.25) is 0 Å². The molecule has 3 heterocycles. The number of hydrogen-bond donors (Lipinski definition) is 2. The lowest BCUT2D eigenvalue weighted by Gasteiger charge is -2.22. The Morgan fingerprint density at radius 2 is 1.93 bits per heavy atom. The Labute approximate surface area is 252 Å². The molecule has 1 saturated heterocycles. The monoisotopic (exact) mass is 600 g/mol. The van der Waals surface area contributed by atoms with E-state index in [0.29, 0.717) is 38.6 Å². The second-order valence-corrected chi connectivity index (χ2v) is 11.2. The molecule has 0 aliphatic carbocycles. The molecular weight excluding hydrogens is 574 g/mol. The topological polar surface area (TPSA) is 94.7 Å². The predicted molar refractivity (Wildman–Crippen MR) is 164 cm³/mol. The van der Waals surface area contributed by atoms with Crippen molar-refractivity contribution in [2.45, 2.75) is 25.4 Å². The highest BCUT2D eigenvalue weighted by atomic mass is 35.5. The van der Waals surface area contributed by atoms with E-state index in [-0.39, 0.29) is 11.1 Å². The Morgan fingerprint density at radius 3 is 2.67 bits per heavy atom. The van der Waals surface area contributed by atoms with Crippen LogP contribution in [0.3, 0.4) is 0 Å². The minimum Gasteiger partial charge on any atom is -0.371 e. The molecule has 2 aromatic heterocycles. The highest BCUT2D eigenvalue weighted by Gasteiger charge is 2.22. The minimum atomic E-state index is -0.531. The Kier molecular flexibility index (Phi) is 7.94. The van der Waals surface area contributed by atoms with E-state index in [1.54, 1.807) is 22.9 Å². The molecule has 0 saturated carbocycles. The fourth-order valence-electron chi connectivity index (χ4n) is 5.37. The lowest BCUT2D eigenvalue weighted by atomic mass is 10.00. The summed E-state index contributed by atoms with van der Waals surface area (Å²) in [6, 6.07) is 18.1. The lowest BCUT2D eigenvalue weighted by molar-refractivity contribution is 0.331. The van der Waals surface area contributed by atoms with Gasteiger partial charge in [-0.1, -0.05) is 52.7 Å². The Morgan fingerprint density at radius 1 is 1.10 bits per heavy atom. The summed E-state index contributed by atoms with van der Waals surface area (Å²) < 4.78 is 15.5. The molecule has 3 aromatic carbocycles. The number of aromatic nitrogens is 4. The number of anilines is 3. The van der Waals surface area contributed by atoms with Gasteiger partial charge in [0, 0.05) is 35.9 Å². The summed E-state index contributed by atoms with van der Waals surface area (Å²) in [5, 5.41) is 26.4. The maximum absolute atomic E-state index is 13.8. The summed E-state index contributed by atoms with van der Waals surface area (Å²) in [5.41, 5.74) is 5.54. The number of halogens is 3. The van der Waals surface area contributed by atoms with E-state index in [4.69, 9.17) is 23.2 Å². The molecule has 212 valence electrons. The molecule has 42 heavy (non-hydrogen) atoms. The van der Waals surface area contributed by atoms with Crippen molar-refractivity contribution in [2.75, 3.05) is 23.7 Å². The van der Waals surface area contributed by atoms with E-state index < -0.39 is 5.82 Å². The zero-order valence-electron chi connectivity index (χ0n) is 22.8. The first-order valence-electron chi connectivity index (χ1n) is 13.6. The number of hydrogen-bond acceptors (Lipinski definition) is 7. The summed E-state index contributed by atoms with van der Waals surface area (Å²) in [6.07, 6.45) is 5.85. The summed E-state index contributed by atoms with van der Waals surface area (Å²) in [7, 11) is 1.83. The second-order valence-electron chi connectivity index (χ2n) is 10.4. The van der Waals surface area contributed by atoms with E-state index in [1.165, 1.54) is 36.7 Å². The number of nitrogens with zero attached hydrogens (tertiary/aromatic N) is 6. The molecule has 0 unspecified atom stereocenters. The highest BCUT2D eigenvalue weighted by Crippen LogP contribution is 2.38. The number of benzene rings is 3. The van der Waals surface area contributed by atoms with E-state index >= 15 is 0 Å². The van der Waals surface area contributed by atoms with Gasteiger partial charge in [-0.15, -0.1) is 5.10 Å². The lowest BCUT2D eigenvalue weighted by Crippen LogP contribution is -2.19. The van der Waals surface area contributed by atoms with Crippen LogP contribution in [0.25, 0.3) is 10.9 Å². The van der Waals surface area contributed by atoms with Gasteiger partial charge in [0.15, 0.2) is 0 Å². The van der Waals surface area contributed by atoms with Crippen molar-refractivity contribution in [1.82, 2.24) is 24.9 Å². The molecule has 0 spiro atoms. The first-order chi connectivity index (χ1) is 20.4. The van der Waals surface area contributed by atoms with Crippen LogP contribution in [0.1, 0.15) is 41.3 Å². The van der Waals surface area contributed by atoms with E-state index in [9.17, 15) is 9.65 Å². The largest absolute Gasteiger partial charge is 0.371 e. The molecule has 0 radical (unpaired) electrons. The summed E-state index contributed by atoms with van der Waals surface area (Å²) in [6.45, 7) is 3.12. The molecule has 1 aliphatic heterocycles. The zero-order valence-corrected chi connectivity index (χ0v) is 24.3. The Hall–Kier alpha value is -4.23. The average Bonchev–Trinajstić information content (AvgIpc) is 3.65. The SMILES string of the molecule is Cn1cc([C@H](Nc2cc(Cl)cc3c(Nc4ccc(F)c(Cl)c4)c(C#N)cnc23)c2cccc(CN3CCCC3)c2)nn1. The molecule has 1 atom stereocenters. The third-order valence-corrected chi connectivity index (χ3v) is 7.86. The number of pyridine rings is 1. The summed E-state index contributed by atoms with van der Waals surface area (Å²) in [5.74, 6) is -0.531. The van der Waals surface area contributed by atoms with Crippen molar-refractivity contribution in [2.24, 2.45) is 7.05 Å². The van der Waals surface area contributed by atoms with E-state index in [2.05, 4.69) is 61.2 Å². The summed E-state index contributed by atoms with van der Waals surface area (Å²) in [4.78, 5) is 7.11. The first kappa shape index (κ1) is 27.9. The van der Waals surface area contributed by atoms with Crippen LogP contribution in [0.4, 0.5) is 21.5 Å². The first-order valence-corrected chi connectivity index (χ1v) is 14.3. The van der Waals surface area contributed by atoms with Crippen molar-refractivity contribution < 1.29 is 4.39 Å². The van der Waals surface area contributed by atoms with Crippen LogP contribution in [0.5, 0.6) is 0 Å². The van der Waals surface area contributed by atoms with Crippen molar-refractivity contribution in [3.63, 3.8) is 0 Å². The van der Waals surface area contributed by atoms with Crippen LogP contribution in [-0.2, 0) is 13.6 Å². The Balaban J connectivity index is 1.42. The number of rotatable bonds is 8. The van der Waals surface area contributed by atoms with Gasteiger partial charge < -0.3 is 10.6 Å². The van der Waals surface area contributed by atoms with Gasteiger partial charge >= 0.3 is 0 Å². The van der Waals surface area contributed by atoms with Gasteiger partial charge in [0.25, 0.3) is 0 Å². The molecule has 1 fully saturated rings. The van der Waals surface area contributed by atoms with Crippen molar-refractivity contribution >= 4 is 51.2 Å². The molecule has 0 amide bonds. The van der Waals surface area contributed by atoms with Crippen molar-refractivity contribution in [3.8, 4) is 6.07 Å². The summed E-state index contributed by atoms with van der Waals surface area (Å²) >= 11 is 12.7. The molecule has 2 N–H and O–H groups in total. The number of fused-ring (bicyclic) bond motifs is 1. The van der Waals surface area contributed by atoms with E-state index in [0.717, 1.165) is 30.9 Å². The van der Waals surface area contributed by atoms with Gasteiger partial charge in [-0.2, -0.15) is 5.26 Å². The van der Waals surface area contributed by atoms with Crippen LogP contribution >= 0.6 is 23.2 Å². The number of nitrogens with one attached hydrogen (secondary N) is 2. The zero-order chi connectivity index (χ0) is 29.2. The second kappa shape index (κ2) is 11.9. The smallest absolute Gasteiger partial charge is 0.141 e. The maximum Gasteiger partial charge on any atom is 0.141 e. The fraction of sp³-hybridized carbons (Fsp3) is 0.226. The van der Waals surface area contributed by atoms with Crippen LogP contribution in [-0.4, -0.2) is 38.0 Å². The van der Waals surface area contributed by atoms with Gasteiger partial charge in [-0.3, -0.25) is 14.6 Å². The van der Waals surface area contributed by atoms with Gasteiger partial charge in [-0.25, -0.2) is 4.39 Å². The standard InChI is InChI=1S/C31H27Cl2FN8/c1-41-18-28(39-40-41)30(20-6-4-5-19(11-20)17-42-9-2-3-10-42)38-27-13-22(32)12-24-29(21(15-35)16-36-31(24)27)37-23-7-8-26(34)25(33)14-23/h4-8,11-14,16,18,30,38H,2-3,9-10,17H2,1H3,(H,36,37)/t30-/m1/s1. The van der Waals surface area contributed by atoms with Gasteiger partial charge in [0.1, 0.15) is 17.6 Å². The molecule has 0 bridgehead atoms. The third-order valence-electron chi connectivity index (χ3n) is 7.35. The van der Waals surface area contributed by atoms with Crippen LogP contribution in [0.2, 0.25) is 10.0 Å². The third kappa shape index (κ3) is 5.88. The van der Waals surface area contributed by atoms with Gasteiger partial charge in [-0.05, 0) is 67.4 Å². The number of likely N-dealkylation sites (tertiary alicyclic amines) is 1. The fourth-order valence-corrected chi connectivity index (χ4v) is 5.77. The molecular formula is C31H27Cl2FN8. The highest BCUT2D eigenvalue weighted by molar-refractivity contribution is 6.32. The number of nitriles is 1. The minimum absolute atomic E-state index is 0.0315. The van der Waals surface area contributed by atoms with Gasteiger partial charge in [0.05, 0.1) is 39.7 Å². The van der Waals surface area contributed by atoms with Crippen molar-refractivity contribution in [3.05, 3.63) is 105 Å². The number of aryl methyl sites for hydroxylation is 1. The molecule has 1 aliphatic rings. The van der Waals surface area contributed by atoms with Crippen LogP contribution in [0.15, 0.2) is 67.0 Å². The van der Waals surface area contributed by atoms with Crippen molar-refractivity contribution in [1.29, 1.82) is 5.26 Å². The Bertz CT molecular complexity index is 1810. The maximum atomic E-state index is 13.8. The average molecular weight is 602 g/mol. The van der Waals surface area contributed by atoms with E-state index in [1.807, 2.05) is 13.2 Å². The molecule has 6 rings (SSSR count). The molecule has 8 nitrogen and oxygen atoms in total. The molecule has 11 heteroatoms. The quantitative estimate of drug-likeness (QED) is 0.194. The molecule has 5 aromatic rings. The van der Waals surface area contributed by atoms with Crippen LogP contribution < -0.4 is 10.6 Å². The normalized spacial score (nSPS) is 14.2. The van der Waals surface area contributed by atoms with Crippen LogP contribution in [0, 0.1) is 17.1 Å². The predicted octanol–water partition coefficient (Wildman–Crippen LogP) is 7.22.